The van der Waals surface area contributed by atoms with Crippen LogP contribution in [-0.4, -0.2) is 50.7 Å². The summed E-state index contributed by atoms with van der Waals surface area (Å²) < 4.78 is 9.89. The van der Waals surface area contributed by atoms with Crippen molar-refractivity contribution in [2.45, 2.75) is 38.5 Å². The Morgan fingerprint density at radius 3 is 1.40 bits per heavy atom. The second-order valence-electron chi connectivity index (χ2n) is 8.68. The van der Waals surface area contributed by atoms with Gasteiger partial charge in [-0.25, -0.2) is 9.59 Å². The second kappa shape index (κ2) is 20.3. The van der Waals surface area contributed by atoms with Crippen LogP contribution in [0.25, 0.3) is 0 Å². The van der Waals surface area contributed by atoms with Gasteiger partial charge in [0.2, 0.25) is 0 Å². The van der Waals surface area contributed by atoms with Crippen LogP contribution in [0.3, 0.4) is 0 Å². The van der Waals surface area contributed by atoms with Gasteiger partial charge in [-0.15, -0.1) is 0 Å². The van der Waals surface area contributed by atoms with Crippen molar-refractivity contribution < 1.29 is 19.1 Å². The predicted octanol–water partition coefficient (Wildman–Crippen LogP) is 5.73. The summed E-state index contributed by atoms with van der Waals surface area (Å²) in [5.74, 6) is 11.2. The minimum Gasteiger partial charge on any atom is -0.463 e. The summed E-state index contributed by atoms with van der Waals surface area (Å²) in [7, 11) is 0. The van der Waals surface area contributed by atoms with Crippen LogP contribution in [0.1, 0.15) is 60.8 Å². The van der Waals surface area contributed by atoms with E-state index in [2.05, 4.69) is 46.8 Å². The van der Waals surface area contributed by atoms with E-state index in [-0.39, 0.29) is 11.9 Å². The third kappa shape index (κ3) is 14.9. The first-order valence-corrected chi connectivity index (χ1v) is 13.4. The first-order chi connectivity index (χ1) is 19.6. The Morgan fingerprint density at radius 2 is 1.02 bits per heavy atom. The normalized spacial score (nSPS) is 10.3. The molecule has 6 heteroatoms. The maximum atomic E-state index is 11.0. The molecule has 0 atom stereocenters. The lowest BCUT2D eigenvalue weighted by molar-refractivity contribution is -0.138. The monoisotopic (exact) mass is 536 g/mol. The van der Waals surface area contributed by atoms with Crippen molar-refractivity contribution in [2.24, 2.45) is 9.98 Å². The molecule has 0 bridgehead atoms. The summed E-state index contributed by atoms with van der Waals surface area (Å²) in [6.45, 7) is 9.05. The van der Waals surface area contributed by atoms with Crippen molar-refractivity contribution in [1.29, 1.82) is 0 Å². The summed E-state index contributed by atoms with van der Waals surface area (Å²) in [4.78, 5) is 30.8. The molecule has 0 aromatic heterocycles. The van der Waals surface area contributed by atoms with Gasteiger partial charge in [-0.2, -0.15) is 0 Å². The summed E-state index contributed by atoms with van der Waals surface area (Å²) in [5, 5.41) is 0. The molecule has 0 fully saturated rings. The first-order valence-electron chi connectivity index (χ1n) is 13.4. The molecule has 0 N–H and O–H groups in total. The molecule has 6 nitrogen and oxygen atoms in total. The van der Waals surface area contributed by atoms with Gasteiger partial charge < -0.3 is 9.47 Å². The molecule has 40 heavy (non-hydrogen) atoms. The molecule has 0 saturated heterocycles. The minimum atomic E-state index is -0.377. The van der Waals surface area contributed by atoms with Crippen LogP contribution in [0.4, 0.5) is 0 Å². The molecular weight excluding hydrogens is 500 g/mol. The topological polar surface area (TPSA) is 77.3 Å². The van der Waals surface area contributed by atoms with E-state index >= 15 is 0 Å². The zero-order chi connectivity index (χ0) is 28.7. The molecule has 0 aliphatic rings. The van der Waals surface area contributed by atoms with Gasteiger partial charge in [-0.1, -0.05) is 49.3 Å². The quantitative estimate of drug-likeness (QED) is 0.0903. The van der Waals surface area contributed by atoms with E-state index in [4.69, 9.17) is 9.47 Å². The van der Waals surface area contributed by atoms with Crippen molar-refractivity contribution >= 4 is 24.4 Å². The number of hydrogen-bond acceptors (Lipinski definition) is 6. The van der Waals surface area contributed by atoms with Crippen LogP contribution in [0.2, 0.25) is 0 Å². The number of aliphatic imine (C=N–C) groups is 2. The number of hydrogen-bond donors (Lipinski definition) is 0. The van der Waals surface area contributed by atoms with E-state index in [0.29, 0.717) is 13.2 Å². The number of rotatable bonds is 16. The number of carbonyl (C=O) groups is 2. The molecule has 2 aromatic carbocycles. The molecule has 206 valence electrons. The van der Waals surface area contributed by atoms with Crippen molar-refractivity contribution in [1.82, 2.24) is 0 Å². The highest BCUT2D eigenvalue weighted by Gasteiger charge is 1.96. The van der Waals surface area contributed by atoms with E-state index < -0.39 is 0 Å². The van der Waals surface area contributed by atoms with Crippen LogP contribution in [0.5, 0.6) is 0 Å². The average molecular weight is 537 g/mol. The highest BCUT2D eigenvalue weighted by atomic mass is 16.5. The lowest BCUT2D eigenvalue weighted by Gasteiger charge is -2.00. The smallest absolute Gasteiger partial charge is 0.330 e. The SMILES string of the molecule is C=CC(=O)OCCCCCN=Cc1ccc(C#CC#Cc2ccc(C=NCCCCCOC(=O)C=C)cc2)cc1. The molecule has 0 spiro atoms. The Kier molecular flexibility index (Phi) is 16.0. The van der Waals surface area contributed by atoms with Crippen LogP contribution in [-0.2, 0) is 19.1 Å². The molecule has 0 radical (unpaired) electrons. The molecular formula is C34H36N2O4. The molecule has 0 saturated carbocycles. The standard InChI is InChI=1S/C34H36N2O4/c1-3-33(37)39-25-11-5-9-23-35-27-31-19-15-29(16-20-31)13-7-8-14-30-17-21-32(22-18-30)28-36-24-10-6-12-26-40-34(38)4-2/h3-4,15-22,27-28H,1-2,5-6,9-12,23-26H2. The van der Waals surface area contributed by atoms with Gasteiger partial charge in [-0.3, -0.25) is 9.98 Å². The Hall–Kier alpha value is -4.68. The van der Waals surface area contributed by atoms with E-state index in [0.717, 1.165) is 73.9 Å². The first kappa shape index (κ1) is 31.5. The van der Waals surface area contributed by atoms with Gasteiger partial charge >= 0.3 is 11.9 Å². The molecule has 0 aliphatic carbocycles. The van der Waals surface area contributed by atoms with E-state index in [1.807, 2.05) is 61.0 Å². The van der Waals surface area contributed by atoms with E-state index in [9.17, 15) is 9.59 Å². The number of benzene rings is 2. The zero-order valence-electron chi connectivity index (χ0n) is 22.9. The van der Waals surface area contributed by atoms with Gasteiger partial charge in [0.25, 0.3) is 0 Å². The second-order valence-corrected chi connectivity index (χ2v) is 8.68. The number of nitrogens with zero attached hydrogens (tertiary/aromatic N) is 2. The Morgan fingerprint density at radius 1 is 0.625 bits per heavy atom. The maximum Gasteiger partial charge on any atom is 0.330 e. The number of ether oxygens (including phenoxy) is 2. The van der Waals surface area contributed by atoms with Crippen molar-refractivity contribution in [2.75, 3.05) is 26.3 Å². The Labute approximate surface area is 237 Å². The zero-order valence-corrected chi connectivity index (χ0v) is 22.9. The number of unbranched alkanes of at least 4 members (excludes halogenated alkanes) is 4. The fourth-order valence-electron chi connectivity index (χ4n) is 3.28. The van der Waals surface area contributed by atoms with Crippen LogP contribution in [0.15, 0.2) is 83.8 Å². The predicted molar refractivity (Wildman–Crippen MR) is 162 cm³/mol. The Bertz CT molecular complexity index is 1170. The lowest BCUT2D eigenvalue weighted by Crippen LogP contribution is -2.01. The molecule has 2 rings (SSSR count). The van der Waals surface area contributed by atoms with Crippen molar-refractivity contribution in [3.05, 3.63) is 96.1 Å². The lowest BCUT2D eigenvalue weighted by atomic mass is 10.1. The largest absolute Gasteiger partial charge is 0.463 e. The van der Waals surface area contributed by atoms with Crippen LogP contribution < -0.4 is 0 Å². The third-order valence-corrected chi connectivity index (χ3v) is 5.46. The summed E-state index contributed by atoms with van der Waals surface area (Å²) in [6, 6.07) is 15.7. The highest BCUT2D eigenvalue weighted by Crippen LogP contribution is 2.04. The molecule has 0 unspecified atom stereocenters. The summed E-state index contributed by atoms with van der Waals surface area (Å²) in [5.41, 5.74) is 3.83. The molecule has 0 aliphatic heterocycles. The highest BCUT2D eigenvalue weighted by molar-refractivity contribution is 5.81. The van der Waals surface area contributed by atoms with Crippen LogP contribution >= 0.6 is 0 Å². The van der Waals surface area contributed by atoms with Crippen molar-refractivity contribution in [3.63, 3.8) is 0 Å². The van der Waals surface area contributed by atoms with Crippen LogP contribution in [0, 0.1) is 23.7 Å². The van der Waals surface area contributed by atoms with E-state index in [1.165, 1.54) is 12.2 Å². The molecule has 2 aromatic rings. The van der Waals surface area contributed by atoms with E-state index in [1.54, 1.807) is 0 Å². The average Bonchev–Trinajstić information content (AvgIpc) is 2.99. The third-order valence-electron chi connectivity index (χ3n) is 5.46. The number of esters is 2. The maximum absolute atomic E-state index is 11.0. The molecule has 0 amide bonds. The van der Waals surface area contributed by atoms with Gasteiger partial charge in [-0.05, 0) is 85.8 Å². The van der Waals surface area contributed by atoms with Gasteiger partial charge in [0.15, 0.2) is 0 Å². The fourth-order valence-corrected chi connectivity index (χ4v) is 3.28. The summed E-state index contributed by atoms with van der Waals surface area (Å²) >= 11 is 0. The van der Waals surface area contributed by atoms with Gasteiger partial charge in [0, 0.05) is 48.8 Å². The fraction of sp³-hybridized carbons (Fsp3) is 0.294. The van der Waals surface area contributed by atoms with Gasteiger partial charge in [0.1, 0.15) is 0 Å². The minimum absolute atomic E-state index is 0.377. The molecule has 0 heterocycles. The Balaban J connectivity index is 1.66. The van der Waals surface area contributed by atoms with Gasteiger partial charge in [0.05, 0.1) is 13.2 Å². The van der Waals surface area contributed by atoms with Crippen molar-refractivity contribution in [3.8, 4) is 23.7 Å². The summed E-state index contributed by atoms with van der Waals surface area (Å²) in [6.07, 6.45) is 11.5. The number of carbonyl (C=O) groups excluding carboxylic acids is 2.